The maximum absolute atomic E-state index is 14.3. The van der Waals surface area contributed by atoms with E-state index in [0.717, 1.165) is 0 Å². The van der Waals surface area contributed by atoms with Crippen LogP contribution >= 0.6 is 0 Å². The molecule has 4 nitrogen and oxygen atoms in total. The van der Waals surface area contributed by atoms with E-state index in [1.165, 1.54) is 18.2 Å². The Balaban J connectivity index is 1.58. The number of carbonyl (C=O) groups is 1. The number of alkyl halides is 6. The summed E-state index contributed by atoms with van der Waals surface area (Å²) in [6.07, 6.45) is -9.60. The Morgan fingerprint density at radius 2 is 1.68 bits per heavy atom. The van der Waals surface area contributed by atoms with Crippen molar-refractivity contribution in [1.82, 2.24) is 5.32 Å². The molecule has 0 amide bonds. The summed E-state index contributed by atoms with van der Waals surface area (Å²) in [7, 11) is 0. The molecule has 2 aromatic carbocycles. The first-order valence-corrected chi connectivity index (χ1v) is 12.4. The lowest BCUT2D eigenvalue weighted by atomic mass is 9.58. The van der Waals surface area contributed by atoms with E-state index in [4.69, 9.17) is 4.74 Å². The largest absolute Gasteiger partial charge is 0.490 e. The molecular weight excluding hydrogens is 500 g/mol. The van der Waals surface area contributed by atoms with Crippen molar-refractivity contribution in [2.24, 2.45) is 17.3 Å². The minimum Gasteiger partial charge on any atom is -0.490 e. The van der Waals surface area contributed by atoms with Crippen LogP contribution in [0, 0.1) is 17.3 Å². The van der Waals surface area contributed by atoms with Gasteiger partial charge in [-0.15, -0.1) is 0 Å². The van der Waals surface area contributed by atoms with Crippen molar-refractivity contribution in [1.29, 1.82) is 0 Å². The zero-order valence-corrected chi connectivity index (χ0v) is 20.8. The number of carboxylic acids is 1. The fourth-order valence-corrected chi connectivity index (χ4v) is 5.69. The highest BCUT2D eigenvalue weighted by atomic mass is 19.4. The van der Waals surface area contributed by atoms with Crippen LogP contribution in [0.5, 0.6) is 5.75 Å². The first kappa shape index (κ1) is 27.5. The molecule has 0 spiro atoms. The fourth-order valence-electron chi connectivity index (χ4n) is 5.69. The quantitative estimate of drug-likeness (QED) is 0.379. The average molecular weight is 532 g/mol. The van der Waals surface area contributed by atoms with E-state index in [0.29, 0.717) is 17.4 Å². The lowest BCUT2D eigenvalue weighted by Gasteiger charge is -2.51. The molecule has 2 aliphatic rings. The Kier molecular flexibility index (Phi) is 7.20. The maximum Gasteiger partial charge on any atom is 0.420 e. The minimum absolute atomic E-state index is 0.0367. The number of ether oxygens (including phenoxy) is 1. The van der Waals surface area contributed by atoms with Gasteiger partial charge in [0.05, 0.1) is 17.9 Å². The molecule has 37 heavy (non-hydrogen) atoms. The van der Waals surface area contributed by atoms with Crippen LogP contribution in [0.15, 0.2) is 30.3 Å². The summed E-state index contributed by atoms with van der Waals surface area (Å²) in [6.45, 7) is 5.53. The van der Waals surface area contributed by atoms with Crippen LogP contribution < -0.4 is 10.1 Å². The summed E-state index contributed by atoms with van der Waals surface area (Å²) in [4.78, 5) is 11.4. The number of rotatable bonds is 6. The second-order valence-electron chi connectivity index (χ2n) is 10.9. The van der Waals surface area contributed by atoms with Crippen LogP contribution in [0.4, 0.5) is 26.3 Å². The zero-order chi connectivity index (χ0) is 27.3. The Morgan fingerprint density at radius 3 is 2.22 bits per heavy atom. The van der Waals surface area contributed by atoms with E-state index >= 15 is 0 Å². The number of hydrogen-bond acceptors (Lipinski definition) is 3. The number of nitrogens with one attached hydrogen (secondary N) is 1. The summed E-state index contributed by atoms with van der Waals surface area (Å²) in [5, 5.41) is 13.0. The number of carboxylic acid groups (broad SMARTS) is 1. The van der Waals surface area contributed by atoms with Gasteiger partial charge in [0, 0.05) is 12.1 Å². The van der Waals surface area contributed by atoms with Crippen LogP contribution in [-0.4, -0.2) is 29.4 Å². The van der Waals surface area contributed by atoms with E-state index in [-0.39, 0.29) is 48.9 Å². The Hall–Kier alpha value is -2.49. The maximum atomic E-state index is 14.3. The smallest absolute Gasteiger partial charge is 0.420 e. The molecule has 2 unspecified atom stereocenters. The third-order valence-electron chi connectivity index (χ3n) is 8.24. The summed E-state index contributed by atoms with van der Waals surface area (Å²) in [6, 6.07) is 7.11. The first-order valence-electron chi connectivity index (χ1n) is 12.4. The molecule has 204 valence electrons. The van der Waals surface area contributed by atoms with Gasteiger partial charge in [-0.25, -0.2) is 0 Å². The predicted octanol–water partition coefficient (Wildman–Crippen LogP) is 7.51. The van der Waals surface area contributed by atoms with Crippen LogP contribution in [0.2, 0.25) is 0 Å². The molecule has 0 heterocycles. The molecule has 4 rings (SSSR count). The lowest BCUT2D eigenvalue weighted by Crippen LogP contribution is -2.59. The van der Waals surface area contributed by atoms with Gasteiger partial charge in [-0.2, -0.15) is 26.3 Å². The van der Waals surface area contributed by atoms with Gasteiger partial charge < -0.3 is 15.2 Å². The van der Waals surface area contributed by atoms with E-state index in [9.17, 15) is 36.2 Å². The molecule has 0 aliphatic heterocycles. The van der Waals surface area contributed by atoms with Crippen LogP contribution in [0.25, 0.3) is 10.8 Å². The van der Waals surface area contributed by atoms with Crippen LogP contribution in [0.3, 0.4) is 0 Å². The molecule has 0 bridgehead atoms. The molecular formula is C27H31F6NO3. The van der Waals surface area contributed by atoms with E-state index in [1.54, 1.807) is 12.1 Å². The summed E-state index contributed by atoms with van der Waals surface area (Å²) < 4.78 is 87.4. The number of fused-ring (bicyclic) bond motifs is 1. The Morgan fingerprint density at radius 1 is 1.05 bits per heavy atom. The van der Waals surface area contributed by atoms with Crippen molar-refractivity contribution < 1.29 is 41.0 Å². The molecule has 2 N–H and O–H groups in total. The van der Waals surface area contributed by atoms with Crippen molar-refractivity contribution in [3.05, 3.63) is 41.5 Å². The topological polar surface area (TPSA) is 58.6 Å². The van der Waals surface area contributed by atoms with Gasteiger partial charge in [0.1, 0.15) is 11.3 Å². The highest BCUT2D eigenvalue weighted by Crippen LogP contribution is 2.48. The van der Waals surface area contributed by atoms with Gasteiger partial charge in [0.2, 0.25) is 0 Å². The molecule has 0 saturated heterocycles. The van der Waals surface area contributed by atoms with E-state index in [1.807, 2.05) is 20.8 Å². The van der Waals surface area contributed by atoms with Gasteiger partial charge >= 0.3 is 18.3 Å². The highest BCUT2D eigenvalue weighted by molar-refractivity contribution is 5.89. The molecule has 3 atom stereocenters. The third-order valence-corrected chi connectivity index (χ3v) is 8.24. The molecule has 2 fully saturated rings. The first-order chi connectivity index (χ1) is 17.1. The van der Waals surface area contributed by atoms with E-state index < -0.39 is 47.2 Å². The highest BCUT2D eigenvalue weighted by Gasteiger charge is 2.52. The Bertz CT molecular complexity index is 1150. The second kappa shape index (κ2) is 9.67. The monoisotopic (exact) mass is 531 g/mol. The second-order valence-corrected chi connectivity index (χ2v) is 10.9. The fraction of sp³-hybridized carbons (Fsp3) is 0.593. The summed E-state index contributed by atoms with van der Waals surface area (Å²) in [5.74, 6) is -3.18. The molecule has 0 aromatic heterocycles. The minimum atomic E-state index is -4.74. The summed E-state index contributed by atoms with van der Waals surface area (Å²) >= 11 is 0. The molecule has 2 aliphatic carbocycles. The van der Waals surface area contributed by atoms with Crippen LogP contribution in [0.1, 0.15) is 70.0 Å². The van der Waals surface area contributed by atoms with Crippen LogP contribution in [-0.2, 0) is 11.0 Å². The zero-order valence-electron chi connectivity index (χ0n) is 20.8. The normalized spacial score (nSPS) is 26.9. The number of halogens is 6. The molecule has 10 heteroatoms. The van der Waals surface area contributed by atoms with Gasteiger partial charge in [-0.1, -0.05) is 32.0 Å². The van der Waals surface area contributed by atoms with E-state index in [2.05, 4.69) is 5.32 Å². The van der Waals surface area contributed by atoms with Crippen molar-refractivity contribution in [2.45, 2.75) is 83.4 Å². The third kappa shape index (κ3) is 5.54. The molecule has 0 radical (unpaired) electrons. The van der Waals surface area contributed by atoms with Gasteiger partial charge in [-0.3, -0.25) is 4.79 Å². The summed E-state index contributed by atoms with van der Waals surface area (Å²) in [5.41, 5.74) is -0.831. The van der Waals surface area contributed by atoms with Crippen molar-refractivity contribution in [3.8, 4) is 5.75 Å². The molecule has 2 saturated carbocycles. The van der Waals surface area contributed by atoms with Gasteiger partial charge in [0.15, 0.2) is 0 Å². The van der Waals surface area contributed by atoms with Crippen molar-refractivity contribution in [2.75, 3.05) is 0 Å². The average Bonchev–Trinajstić information content (AvgIpc) is 2.79. The SMILES string of the molecule is C[C@@H](NC1CC(C(=O)O)C1(C)C)c1ccc2ccc(O[C@H]3CC[C@@H](C(F)(F)F)CC3)c(C(F)(F)F)c2c1. The standard InChI is InChI=1S/C27H31F6NO3/c1-14(34-22-13-20(24(35)36)25(22,2)3)16-5-4-15-6-11-21(23(19(15)12-16)27(31,32)33)37-18-9-7-17(8-10-18)26(28,29)30/h4-6,11-12,14,17-18,20,22,34H,7-10,13H2,1-3H3,(H,35,36)/t14-,17-,18+,20?,22?/m1/s1. The lowest BCUT2D eigenvalue weighted by molar-refractivity contribution is -0.185. The number of aliphatic carboxylic acids is 1. The molecule has 2 aromatic rings. The van der Waals surface area contributed by atoms with Gasteiger partial charge in [0.25, 0.3) is 0 Å². The number of benzene rings is 2. The Labute approximate surface area is 211 Å². The van der Waals surface area contributed by atoms with Crippen molar-refractivity contribution >= 4 is 16.7 Å². The predicted molar refractivity (Wildman–Crippen MR) is 126 cm³/mol. The number of hydrogen-bond donors (Lipinski definition) is 2. The van der Waals surface area contributed by atoms with Gasteiger partial charge in [-0.05, 0) is 72.9 Å². The van der Waals surface area contributed by atoms with Crippen molar-refractivity contribution in [3.63, 3.8) is 0 Å².